The van der Waals surface area contributed by atoms with Gasteiger partial charge in [0.25, 0.3) is 0 Å². The van der Waals surface area contributed by atoms with E-state index in [1.54, 1.807) is 7.11 Å². The number of hydrogen-bond acceptors (Lipinski definition) is 3. The standard InChI is InChI=1S/C17H23NO2/c1-19-16-8-4-7-14-11-15(20-17(14)16)12-18-10-9-13-5-2-3-6-13/h4,7-8,11,13,18H,2-3,5-6,9-10,12H2,1H3. The Hall–Kier alpha value is -1.48. The molecule has 0 unspecified atom stereocenters. The van der Waals surface area contributed by atoms with E-state index in [0.29, 0.717) is 0 Å². The van der Waals surface area contributed by atoms with E-state index in [1.165, 1.54) is 32.1 Å². The SMILES string of the molecule is COc1cccc2cc(CNCCC3CCCC3)oc12. The molecule has 0 saturated heterocycles. The quantitative estimate of drug-likeness (QED) is 0.804. The number of nitrogens with one attached hydrogen (secondary N) is 1. The van der Waals surface area contributed by atoms with Crippen molar-refractivity contribution in [3.8, 4) is 5.75 Å². The molecule has 0 spiro atoms. The third-order valence-electron chi connectivity index (χ3n) is 4.28. The van der Waals surface area contributed by atoms with E-state index in [1.807, 2.05) is 12.1 Å². The van der Waals surface area contributed by atoms with Gasteiger partial charge in [-0.05, 0) is 31.0 Å². The summed E-state index contributed by atoms with van der Waals surface area (Å²) in [5, 5.41) is 4.60. The lowest BCUT2D eigenvalue weighted by Crippen LogP contribution is -2.16. The number of hydrogen-bond donors (Lipinski definition) is 1. The first-order chi connectivity index (χ1) is 9.86. The second-order valence-corrected chi connectivity index (χ2v) is 5.71. The van der Waals surface area contributed by atoms with Crippen LogP contribution < -0.4 is 10.1 Å². The summed E-state index contributed by atoms with van der Waals surface area (Å²) in [6.45, 7) is 1.88. The van der Waals surface area contributed by atoms with E-state index < -0.39 is 0 Å². The van der Waals surface area contributed by atoms with Crippen molar-refractivity contribution in [1.82, 2.24) is 5.32 Å². The Labute approximate surface area is 120 Å². The van der Waals surface area contributed by atoms with Crippen molar-refractivity contribution < 1.29 is 9.15 Å². The minimum absolute atomic E-state index is 0.796. The van der Waals surface area contributed by atoms with Gasteiger partial charge in [0.05, 0.1) is 13.7 Å². The Bertz CT molecular complexity index is 555. The maximum atomic E-state index is 5.87. The zero-order valence-corrected chi connectivity index (χ0v) is 12.2. The number of ether oxygens (including phenoxy) is 1. The lowest BCUT2D eigenvalue weighted by atomic mass is 10.0. The maximum Gasteiger partial charge on any atom is 0.176 e. The highest BCUT2D eigenvalue weighted by Crippen LogP contribution is 2.29. The maximum absolute atomic E-state index is 5.87. The first-order valence-corrected chi connectivity index (χ1v) is 7.63. The summed E-state index contributed by atoms with van der Waals surface area (Å²) in [5.41, 5.74) is 0.850. The van der Waals surface area contributed by atoms with Crippen LogP contribution in [0.15, 0.2) is 28.7 Å². The minimum Gasteiger partial charge on any atom is -0.493 e. The van der Waals surface area contributed by atoms with E-state index in [4.69, 9.17) is 9.15 Å². The number of para-hydroxylation sites is 1. The zero-order chi connectivity index (χ0) is 13.8. The minimum atomic E-state index is 0.796. The molecule has 1 aromatic carbocycles. The zero-order valence-electron chi connectivity index (χ0n) is 12.2. The summed E-state index contributed by atoms with van der Waals surface area (Å²) < 4.78 is 11.2. The molecule has 1 aromatic heterocycles. The molecule has 20 heavy (non-hydrogen) atoms. The second kappa shape index (κ2) is 6.31. The van der Waals surface area contributed by atoms with Gasteiger partial charge >= 0.3 is 0 Å². The van der Waals surface area contributed by atoms with Crippen LogP contribution in [0.5, 0.6) is 5.75 Å². The molecule has 1 heterocycles. The predicted octanol–water partition coefficient (Wildman–Crippen LogP) is 4.11. The molecule has 3 rings (SSSR count). The smallest absolute Gasteiger partial charge is 0.176 e. The van der Waals surface area contributed by atoms with Crippen LogP contribution in [0.2, 0.25) is 0 Å². The van der Waals surface area contributed by atoms with Crippen LogP contribution in [0.1, 0.15) is 37.9 Å². The molecule has 1 saturated carbocycles. The Balaban J connectivity index is 1.54. The van der Waals surface area contributed by atoms with Gasteiger partial charge in [0, 0.05) is 5.39 Å². The van der Waals surface area contributed by atoms with Crippen LogP contribution >= 0.6 is 0 Å². The van der Waals surface area contributed by atoms with Crippen molar-refractivity contribution in [2.24, 2.45) is 5.92 Å². The van der Waals surface area contributed by atoms with Crippen molar-refractivity contribution in [1.29, 1.82) is 0 Å². The van der Waals surface area contributed by atoms with Crippen molar-refractivity contribution in [2.75, 3.05) is 13.7 Å². The molecule has 1 N–H and O–H groups in total. The summed E-state index contributed by atoms with van der Waals surface area (Å²) in [6, 6.07) is 8.08. The van der Waals surface area contributed by atoms with Crippen LogP contribution in [0.4, 0.5) is 0 Å². The fraction of sp³-hybridized carbons (Fsp3) is 0.529. The largest absolute Gasteiger partial charge is 0.493 e. The fourth-order valence-electron chi connectivity index (χ4n) is 3.15. The van der Waals surface area contributed by atoms with Crippen LogP contribution in [0.3, 0.4) is 0 Å². The van der Waals surface area contributed by atoms with Gasteiger partial charge < -0.3 is 14.5 Å². The number of methoxy groups -OCH3 is 1. The van der Waals surface area contributed by atoms with Crippen molar-refractivity contribution in [2.45, 2.75) is 38.6 Å². The molecule has 0 atom stereocenters. The third-order valence-corrected chi connectivity index (χ3v) is 4.28. The summed E-state index contributed by atoms with van der Waals surface area (Å²) >= 11 is 0. The molecule has 1 fully saturated rings. The Morgan fingerprint density at radius 3 is 2.95 bits per heavy atom. The molecule has 2 aromatic rings. The van der Waals surface area contributed by atoms with Gasteiger partial charge in [0.1, 0.15) is 5.76 Å². The molecule has 0 aliphatic heterocycles. The van der Waals surface area contributed by atoms with Crippen LogP contribution in [-0.4, -0.2) is 13.7 Å². The number of furan rings is 1. The third kappa shape index (κ3) is 2.98. The van der Waals surface area contributed by atoms with Crippen molar-refractivity contribution in [3.05, 3.63) is 30.0 Å². The number of fused-ring (bicyclic) bond motifs is 1. The molecule has 1 aliphatic carbocycles. The Morgan fingerprint density at radius 2 is 2.15 bits per heavy atom. The predicted molar refractivity (Wildman–Crippen MR) is 81.0 cm³/mol. The molecule has 1 aliphatic rings. The number of rotatable bonds is 6. The summed E-state index contributed by atoms with van der Waals surface area (Å²) in [4.78, 5) is 0. The summed E-state index contributed by atoms with van der Waals surface area (Å²) in [7, 11) is 1.68. The fourth-order valence-corrected chi connectivity index (χ4v) is 3.15. The van der Waals surface area contributed by atoms with Crippen LogP contribution in [-0.2, 0) is 6.54 Å². The average molecular weight is 273 g/mol. The highest BCUT2D eigenvalue weighted by molar-refractivity contribution is 5.83. The monoisotopic (exact) mass is 273 g/mol. The van der Waals surface area contributed by atoms with Gasteiger partial charge in [-0.15, -0.1) is 0 Å². The van der Waals surface area contributed by atoms with Gasteiger partial charge in [-0.1, -0.05) is 37.8 Å². The molecular weight excluding hydrogens is 250 g/mol. The molecule has 3 heteroatoms. The van der Waals surface area contributed by atoms with Crippen molar-refractivity contribution >= 4 is 11.0 Å². The van der Waals surface area contributed by atoms with E-state index in [9.17, 15) is 0 Å². The van der Waals surface area contributed by atoms with Gasteiger partial charge in [-0.2, -0.15) is 0 Å². The average Bonchev–Trinajstić information content (AvgIpc) is 3.11. The molecule has 0 bridgehead atoms. The highest BCUT2D eigenvalue weighted by atomic mass is 16.5. The molecule has 3 nitrogen and oxygen atoms in total. The van der Waals surface area contributed by atoms with E-state index in [-0.39, 0.29) is 0 Å². The summed E-state index contributed by atoms with van der Waals surface area (Å²) in [5.74, 6) is 2.73. The molecule has 0 radical (unpaired) electrons. The van der Waals surface area contributed by atoms with E-state index >= 15 is 0 Å². The van der Waals surface area contributed by atoms with Crippen LogP contribution in [0, 0.1) is 5.92 Å². The topological polar surface area (TPSA) is 34.4 Å². The lowest BCUT2D eigenvalue weighted by molar-refractivity contribution is 0.405. The van der Waals surface area contributed by atoms with Crippen molar-refractivity contribution in [3.63, 3.8) is 0 Å². The second-order valence-electron chi connectivity index (χ2n) is 5.71. The number of benzene rings is 1. The van der Waals surface area contributed by atoms with Crippen LogP contribution in [0.25, 0.3) is 11.0 Å². The van der Waals surface area contributed by atoms with Gasteiger partial charge in [0.15, 0.2) is 11.3 Å². The van der Waals surface area contributed by atoms with Gasteiger partial charge in [-0.25, -0.2) is 0 Å². The molecule has 108 valence electrons. The molecular formula is C17H23NO2. The first kappa shape index (κ1) is 13.5. The lowest BCUT2D eigenvalue weighted by Gasteiger charge is -2.08. The van der Waals surface area contributed by atoms with E-state index in [0.717, 1.165) is 41.5 Å². The van der Waals surface area contributed by atoms with E-state index in [2.05, 4.69) is 17.4 Å². The van der Waals surface area contributed by atoms with Gasteiger partial charge in [-0.3, -0.25) is 0 Å². The first-order valence-electron chi connectivity index (χ1n) is 7.63. The molecule has 0 amide bonds. The highest BCUT2D eigenvalue weighted by Gasteiger charge is 2.14. The Kier molecular flexibility index (Phi) is 4.26. The Morgan fingerprint density at radius 1 is 1.30 bits per heavy atom. The van der Waals surface area contributed by atoms with Gasteiger partial charge in [0.2, 0.25) is 0 Å². The normalized spacial score (nSPS) is 16.1. The summed E-state index contributed by atoms with van der Waals surface area (Å²) in [6.07, 6.45) is 6.98.